The van der Waals surface area contributed by atoms with E-state index < -0.39 is 0 Å². The van der Waals surface area contributed by atoms with Crippen molar-refractivity contribution >= 4 is 17.5 Å². The van der Waals surface area contributed by atoms with Gasteiger partial charge in [0.15, 0.2) is 0 Å². The Balaban J connectivity index is 1.55. The highest BCUT2D eigenvalue weighted by molar-refractivity contribution is 6.06. The van der Waals surface area contributed by atoms with Crippen molar-refractivity contribution in [3.63, 3.8) is 0 Å². The number of rotatable bonds is 4. The molecule has 130 valence electrons. The smallest absolute Gasteiger partial charge is 0.277 e. The Labute approximate surface area is 151 Å². The van der Waals surface area contributed by atoms with Gasteiger partial charge < -0.3 is 10.2 Å². The fourth-order valence-corrected chi connectivity index (χ4v) is 3.13. The number of hydrogen-bond acceptors (Lipinski definition) is 5. The number of benzene rings is 1. The van der Waals surface area contributed by atoms with Gasteiger partial charge in [-0.15, -0.1) is 0 Å². The first kappa shape index (κ1) is 16.2. The molecule has 1 aromatic carbocycles. The minimum absolute atomic E-state index is 0.0927. The Morgan fingerprint density at radius 1 is 1.19 bits per heavy atom. The maximum absolute atomic E-state index is 13.0. The van der Waals surface area contributed by atoms with E-state index in [-0.39, 0.29) is 5.91 Å². The molecule has 3 heterocycles. The number of nitrogens with zero attached hydrogens (tertiary/aromatic N) is 4. The van der Waals surface area contributed by atoms with Crippen LogP contribution in [0.4, 0.5) is 11.6 Å². The Morgan fingerprint density at radius 3 is 2.92 bits per heavy atom. The van der Waals surface area contributed by atoms with Crippen LogP contribution in [0.2, 0.25) is 0 Å². The van der Waals surface area contributed by atoms with E-state index in [1.54, 1.807) is 23.4 Å². The number of nitrogens with one attached hydrogen (secondary N) is 1. The number of carbonyl (C=O) groups excluding carboxylic acids is 1. The lowest BCUT2D eigenvalue weighted by Gasteiger charge is -2.17. The number of fused-ring (bicyclic) bond motifs is 1. The van der Waals surface area contributed by atoms with Gasteiger partial charge in [0.05, 0.1) is 0 Å². The van der Waals surface area contributed by atoms with Crippen molar-refractivity contribution in [1.29, 1.82) is 0 Å². The predicted molar refractivity (Wildman–Crippen MR) is 100 cm³/mol. The minimum Gasteiger partial charge on any atom is -0.350 e. The molecule has 26 heavy (non-hydrogen) atoms. The molecule has 4 rings (SSSR count). The highest BCUT2D eigenvalue weighted by Crippen LogP contribution is 2.28. The van der Waals surface area contributed by atoms with Gasteiger partial charge in [0, 0.05) is 36.9 Å². The summed E-state index contributed by atoms with van der Waals surface area (Å²) in [5, 5.41) is 3.17. The van der Waals surface area contributed by atoms with E-state index in [4.69, 9.17) is 0 Å². The Kier molecular flexibility index (Phi) is 4.31. The fraction of sp³-hybridized carbons (Fsp3) is 0.200. The lowest BCUT2D eigenvalue weighted by Crippen LogP contribution is -2.30. The van der Waals surface area contributed by atoms with E-state index >= 15 is 0 Å². The van der Waals surface area contributed by atoms with Gasteiger partial charge in [-0.3, -0.25) is 9.78 Å². The monoisotopic (exact) mass is 345 g/mol. The van der Waals surface area contributed by atoms with Crippen molar-refractivity contribution in [2.45, 2.75) is 19.9 Å². The maximum atomic E-state index is 13.0. The van der Waals surface area contributed by atoms with Gasteiger partial charge in [0.2, 0.25) is 5.95 Å². The second kappa shape index (κ2) is 6.92. The Bertz CT molecular complexity index is 942. The summed E-state index contributed by atoms with van der Waals surface area (Å²) in [4.78, 5) is 27.7. The van der Waals surface area contributed by atoms with Crippen molar-refractivity contribution in [3.05, 3.63) is 77.4 Å². The summed E-state index contributed by atoms with van der Waals surface area (Å²) in [6, 6.07) is 13.6. The summed E-state index contributed by atoms with van der Waals surface area (Å²) in [5.41, 5.74) is 4.35. The summed E-state index contributed by atoms with van der Waals surface area (Å²) < 4.78 is 0. The van der Waals surface area contributed by atoms with Gasteiger partial charge in [-0.25, -0.2) is 9.97 Å². The highest BCUT2D eigenvalue weighted by Gasteiger charge is 2.26. The van der Waals surface area contributed by atoms with Crippen LogP contribution in [-0.4, -0.2) is 27.4 Å². The molecule has 0 saturated carbocycles. The van der Waals surface area contributed by atoms with Crippen LogP contribution in [0.15, 0.2) is 54.9 Å². The molecule has 0 bridgehead atoms. The van der Waals surface area contributed by atoms with Crippen molar-refractivity contribution in [2.75, 3.05) is 16.8 Å². The summed E-state index contributed by atoms with van der Waals surface area (Å²) in [5.74, 6) is 0.356. The third-order valence-electron chi connectivity index (χ3n) is 4.38. The summed E-state index contributed by atoms with van der Waals surface area (Å²) in [7, 11) is 0. The van der Waals surface area contributed by atoms with Gasteiger partial charge in [0.1, 0.15) is 5.69 Å². The zero-order chi connectivity index (χ0) is 17.9. The SMILES string of the molecule is Cc1cc(C(=O)N2CCc3ccccc32)nc(NCc2cccnc2)n1. The summed E-state index contributed by atoms with van der Waals surface area (Å²) in [6.45, 7) is 3.10. The zero-order valence-electron chi connectivity index (χ0n) is 14.5. The van der Waals surface area contributed by atoms with Gasteiger partial charge in [0.25, 0.3) is 5.91 Å². The van der Waals surface area contributed by atoms with E-state index in [1.807, 2.05) is 37.3 Å². The van der Waals surface area contributed by atoms with Crippen LogP contribution in [0, 0.1) is 6.92 Å². The molecule has 0 spiro atoms. The van der Waals surface area contributed by atoms with Crippen molar-refractivity contribution < 1.29 is 4.79 Å². The topological polar surface area (TPSA) is 71.0 Å². The predicted octanol–water partition coefficient (Wildman–Crippen LogP) is 3.00. The number of amides is 1. The molecule has 1 aliphatic rings. The molecule has 0 unspecified atom stereocenters. The van der Waals surface area contributed by atoms with E-state index in [1.165, 1.54) is 5.56 Å². The number of hydrogen-bond donors (Lipinski definition) is 1. The molecule has 2 aromatic heterocycles. The standard InChI is InChI=1S/C20H19N5O/c1-14-11-17(19(26)25-10-8-16-6-2-3-7-18(16)25)24-20(23-14)22-13-15-5-4-9-21-12-15/h2-7,9,11-12H,8,10,13H2,1H3,(H,22,23,24). The molecule has 6 nitrogen and oxygen atoms in total. The van der Waals surface area contributed by atoms with Crippen molar-refractivity contribution in [3.8, 4) is 0 Å². The molecule has 1 N–H and O–H groups in total. The van der Waals surface area contributed by atoms with Crippen LogP contribution >= 0.6 is 0 Å². The summed E-state index contributed by atoms with van der Waals surface area (Å²) >= 11 is 0. The van der Waals surface area contributed by atoms with Crippen LogP contribution in [0.25, 0.3) is 0 Å². The number of para-hydroxylation sites is 1. The second-order valence-corrected chi connectivity index (χ2v) is 6.27. The average Bonchev–Trinajstić information content (AvgIpc) is 3.10. The number of carbonyl (C=O) groups is 1. The molecule has 0 atom stereocenters. The number of aryl methyl sites for hydroxylation is 1. The third kappa shape index (κ3) is 3.26. The third-order valence-corrected chi connectivity index (χ3v) is 4.38. The van der Waals surface area contributed by atoms with E-state index in [0.29, 0.717) is 24.7 Å². The Morgan fingerprint density at radius 2 is 2.08 bits per heavy atom. The van der Waals surface area contributed by atoms with Gasteiger partial charge in [-0.1, -0.05) is 24.3 Å². The molecular weight excluding hydrogens is 326 g/mol. The fourth-order valence-electron chi connectivity index (χ4n) is 3.13. The van der Waals surface area contributed by atoms with Gasteiger partial charge in [-0.05, 0) is 42.7 Å². The molecule has 3 aromatic rings. The first-order chi connectivity index (χ1) is 12.7. The quantitative estimate of drug-likeness (QED) is 0.787. The van der Waals surface area contributed by atoms with Crippen LogP contribution < -0.4 is 10.2 Å². The van der Waals surface area contributed by atoms with E-state index in [2.05, 4.69) is 26.3 Å². The first-order valence-corrected chi connectivity index (χ1v) is 8.59. The Hall–Kier alpha value is -3.28. The number of anilines is 2. The summed E-state index contributed by atoms with van der Waals surface area (Å²) in [6.07, 6.45) is 4.39. The highest BCUT2D eigenvalue weighted by atomic mass is 16.2. The zero-order valence-corrected chi connectivity index (χ0v) is 14.5. The second-order valence-electron chi connectivity index (χ2n) is 6.27. The van der Waals surface area contributed by atoms with Crippen LogP contribution in [-0.2, 0) is 13.0 Å². The van der Waals surface area contributed by atoms with Crippen molar-refractivity contribution in [1.82, 2.24) is 15.0 Å². The molecule has 1 amide bonds. The maximum Gasteiger partial charge on any atom is 0.277 e. The van der Waals surface area contributed by atoms with E-state index in [9.17, 15) is 4.79 Å². The van der Waals surface area contributed by atoms with Gasteiger partial charge in [-0.2, -0.15) is 0 Å². The first-order valence-electron chi connectivity index (χ1n) is 8.59. The molecule has 0 radical (unpaired) electrons. The van der Waals surface area contributed by atoms with Crippen LogP contribution in [0.5, 0.6) is 0 Å². The minimum atomic E-state index is -0.0927. The van der Waals surface area contributed by atoms with Gasteiger partial charge >= 0.3 is 0 Å². The molecule has 0 fully saturated rings. The average molecular weight is 345 g/mol. The number of aromatic nitrogens is 3. The van der Waals surface area contributed by atoms with Crippen LogP contribution in [0.3, 0.4) is 0 Å². The molecule has 0 saturated heterocycles. The molecule has 0 aliphatic carbocycles. The number of pyridine rings is 1. The largest absolute Gasteiger partial charge is 0.350 e. The molecular formula is C20H19N5O. The molecule has 1 aliphatic heterocycles. The lowest BCUT2D eigenvalue weighted by molar-refractivity contribution is 0.0984. The van der Waals surface area contributed by atoms with Crippen LogP contribution in [0.1, 0.15) is 27.3 Å². The van der Waals surface area contributed by atoms with Crippen molar-refractivity contribution in [2.24, 2.45) is 0 Å². The molecule has 6 heteroatoms. The lowest BCUT2D eigenvalue weighted by atomic mass is 10.2. The normalized spacial score (nSPS) is 12.7. The van der Waals surface area contributed by atoms with E-state index in [0.717, 1.165) is 23.4 Å².